The molecule has 2 rings (SSSR count). The number of carbonyl (C=O) groups excluding carboxylic acids is 1. The Kier molecular flexibility index (Phi) is 2.46. The van der Waals surface area contributed by atoms with Crippen molar-refractivity contribution in [2.45, 2.75) is 32.4 Å². The van der Waals surface area contributed by atoms with E-state index in [1.165, 1.54) is 0 Å². The Hall–Kier alpha value is -0.460. The first-order chi connectivity index (χ1) is 7.23. The second-order valence-corrected chi connectivity index (χ2v) is 7.16. The second-order valence-electron chi connectivity index (χ2n) is 5.47. The predicted octanol–water partition coefficient (Wildman–Crippen LogP) is 0.456. The van der Waals surface area contributed by atoms with E-state index in [0.717, 1.165) is 0 Å². The van der Waals surface area contributed by atoms with Crippen molar-refractivity contribution in [1.29, 1.82) is 0 Å². The molecule has 0 heterocycles. The van der Waals surface area contributed by atoms with Crippen LogP contribution in [0.5, 0.6) is 0 Å². The molecule has 2 bridgehead atoms. The molecule has 0 aromatic rings. The summed E-state index contributed by atoms with van der Waals surface area (Å²) in [7, 11) is -3.94. The van der Waals surface area contributed by atoms with E-state index in [4.69, 9.17) is 5.90 Å². The highest BCUT2D eigenvalue weighted by Crippen LogP contribution is 2.59. The van der Waals surface area contributed by atoms with Gasteiger partial charge in [-0.2, -0.15) is 18.6 Å². The zero-order chi connectivity index (χ0) is 12.3. The number of Topliss-reactive ketones (excluding diaryl/α,β-unsaturated/α-hetero) is 1. The standard InChI is InChI=1S/C10H17NO4S/c1-5-6-4-7(10(5,2)3)9(8(6)12)16(13,14)15-11/h5-7,9H,4,11H2,1-3H3/t5-,6-,7-,9-/m1/s1. The summed E-state index contributed by atoms with van der Waals surface area (Å²) >= 11 is 0. The van der Waals surface area contributed by atoms with Crippen LogP contribution < -0.4 is 5.90 Å². The molecule has 2 aliphatic carbocycles. The smallest absolute Gasteiger partial charge is 0.293 e. The average molecular weight is 247 g/mol. The van der Waals surface area contributed by atoms with Gasteiger partial charge in [0, 0.05) is 5.92 Å². The third-order valence-electron chi connectivity index (χ3n) is 4.70. The molecular formula is C10H17NO4S. The Morgan fingerprint density at radius 1 is 1.44 bits per heavy atom. The largest absolute Gasteiger partial charge is 0.298 e. The first-order valence-corrected chi connectivity index (χ1v) is 6.86. The van der Waals surface area contributed by atoms with Gasteiger partial charge < -0.3 is 0 Å². The summed E-state index contributed by atoms with van der Waals surface area (Å²) in [5.41, 5.74) is -0.158. The van der Waals surface area contributed by atoms with Crippen molar-refractivity contribution in [2.75, 3.05) is 0 Å². The van der Waals surface area contributed by atoms with Crippen LogP contribution in [0.2, 0.25) is 0 Å². The van der Waals surface area contributed by atoms with Gasteiger partial charge in [-0.05, 0) is 23.7 Å². The van der Waals surface area contributed by atoms with E-state index >= 15 is 0 Å². The molecule has 0 radical (unpaired) electrons. The molecule has 2 N–H and O–H groups in total. The lowest BCUT2D eigenvalue weighted by Crippen LogP contribution is -2.47. The molecule has 0 unspecified atom stereocenters. The highest BCUT2D eigenvalue weighted by Gasteiger charge is 2.64. The van der Waals surface area contributed by atoms with Gasteiger partial charge in [0.05, 0.1) is 0 Å². The summed E-state index contributed by atoms with van der Waals surface area (Å²) in [6.45, 7) is 6.02. The lowest BCUT2D eigenvalue weighted by molar-refractivity contribution is -0.125. The van der Waals surface area contributed by atoms with Crippen molar-refractivity contribution < 1.29 is 17.5 Å². The van der Waals surface area contributed by atoms with E-state index in [1.807, 2.05) is 20.8 Å². The van der Waals surface area contributed by atoms with Crippen molar-refractivity contribution >= 4 is 15.9 Å². The van der Waals surface area contributed by atoms with Gasteiger partial charge in [-0.3, -0.25) is 4.79 Å². The lowest BCUT2D eigenvalue weighted by atomic mass is 9.69. The van der Waals surface area contributed by atoms with E-state index in [2.05, 4.69) is 4.28 Å². The van der Waals surface area contributed by atoms with E-state index in [9.17, 15) is 13.2 Å². The molecule has 0 saturated heterocycles. The van der Waals surface area contributed by atoms with Crippen LogP contribution in [-0.2, 0) is 19.2 Å². The Bertz CT molecular complexity index is 428. The number of hydrogen-bond donors (Lipinski definition) is 1. The molecule has 92 valence electrons. The normalized spacial score (nSPS) is 41.6. The lowest BCUT2D eigenvalue weighted by Gasteiger charge is -2.38. The summed E-state index contributed by atoms with van der Waals surface area (Å²) in [4.78, 5) is 12.0. The highest BCUT2D eigenvalue weighted by molar-refractivity contribution is 7.88. The minimum Gasteiger partial charge on any atom is -0.298 e. The van der Waals surface area contributed by atoms with E-state index in [-0.39, 0.29) is 29.0 Å². The van der Waals surface area contributed by atoms with E-state index in [1.54, 1.807) is 0 Å². The van der Waals surface area contributed by atoms with Gasteiger partial charge in [-0.25, -0.2) is 0 Å². The minimum absolute atomic E-state index is 0.157. The summed E-state index contributed by atoms with van der Waals surface area (Å²) in [6.07, 6.45) is 0.639. The zero-order valence-electron chi connectivity index (χ0n) is 9.64. The Morgan fingerprint density at radius 2 is 2.00 bits per heavy atom. The second kappa shape index (κ2) is 3.27. The third kappa shape index (κ3) is 1.30. The quantitative estimate of drug-likeness (QED) is 0.716. The number of hydrogen-bond acceptors (Lipinski definition) is 5. The molecule has 4 atom stereocenters. The fraction of sp³-hybridized carbons (Fsp3) is 0.900. The molecule has 2 saturated carbocycles. The Balaban J connectivity index is 2.44. The molecule has 16 heavy (non-hydrogen) atoms. The monoisotopic (exact) mass is 247 g/mol. The number of nitrogens with two attached hydrogens (primary N) is 1. The van der Waals surface area contributed by atoms with Gasteiger partial charge in [-0.1, -0.05) is 20.8 Å². The van der Waals surface area contributed by atoms with Gasteiger partial charge in [0.1, 0.15) is 5.25 Å². The van der Waals surface area contributed by atoms with Crippen LogP contribution in [0, 0.1) is 23.2 Å². The van der Waals surface area contributed by atoms with Gasteiger partial charge in [-0.15, -0.1) is 0 Å². The van der Waals surface area contributed by atoms with Gasteiger partial charge >= 0.3 is 0 Å². The highest BCUT2D eigenvalue weighted by atomic mass is 32.2. The van der Waals surface area contributed by atoms with Crippen LogP contribution in [0.15, 0.2) is 0 Å². The third-order valence-corrected chi connectivity index (χ3v) is 6.15. The van der Waals surface area contributed by atoms with Crippen LogP contribution in [-0.4, -0.2) is 19.5 Å². The molecule has 5 nitrogen and oxygen atoms in total. The van der Waals surface area contributed by atoms with E-state index in [0.29, 0.717) is 6.42 Å². The summed E-state index contributed by atoms with van der Waals surface area (Å²) < 4.78 is 27.3. The molecule has 0 amide bonds. The summed E-state index contributed by atoms with van der Waals surface area (Å²) in [5.74, 6) is 4.43. The van der Waals surface area contributed by atoms with Crippen LogP contribution in [0.4, 0.5) is 0 Å². The number of ketones is 1. The van der Waals surface area contributed by atoms with Crippen molar-refractivity contribution in [3.8, 4) is 0 Å². The predicted molar refractivity (Wildman–Crippen MR) is 57.5 cm³/mol. The van der Waals surface area contributed by atoms with Crippen molar-refractivity contribution in [3.05, 3.63) is 0 Å². The average Bonchev–Trinajstić information content (AvgIpc) is 2.64. The molecule has 0 aliphatic heterocycles. The molecule has 6 heteroatoms. The van der Waals surface area contributed by atoms with Crippen molar-refractivity contribution in [2.24, 2.45) is 29.1 Å². The number of carbonyl (C=O) groups is 1. The number of fused-ring (bicyclic) bond motifs is 2. The van der Waals surface area contributed by atoms with Crippen LogP contribution in [0.3, 0.4) is 0 Å². The summed E-state index contributed by atoms with van der Waals surface area (Å²) in [5, 5.41) is -1.06. The van der Waals surface area contributed by atoms with Crippen molar-refractivity contribution in [3.63, 3.8) is 0 Å². The fourth-order valence-electron chi connectivity index (χ4n) is 3.33. The first-order valence-electron chi connectivity index (χ1n) is 5.39. The SMILES string of the molecule is C[C@@H]1[C@H]2C[C@H]([C@@H](S(=O)(=O)ON)C2=O)C1(C)C. The van der Waals surface area contributed by atoms with Gasteiger partial charge in [0.15, 0.2) is 5.78 Å². The topological polar surface area (TPSA) is 86.5 Å². The zero-order valence-corrected chi connectivity index (χ0v) is 10.5. The van der Waals surface area contributed by atoms with Crippen LogP contribution in [0.1, 0.15) is 27.2 Å². The molecule has 2 fully saturated rings. The molecular weight excluding hydrogens is 230 g/mol. The number of rotatable bonds is 2. The summed E-state index contributed by atoms with van der Waals surface area (Å²) in [6, 6.07) is 0. The molecule has 2 aliphatic rings. The first kappa shape index (κ1) is 12.0. The van der Waals surface area contributed by atoms with E-state index < -0.39 is 15.4 Å². The minimum atomic E-state index is -3.94. The molecule has 0 aromatic carbocycles. The maximum atomic E-state index is 12.0. The molecule has 0 spiro atoms. The van der Waals surface area contributed by atoms with Crippen LogP contribution >= 0.6 is 0 Å². The van der Waals surface area contributed by atoms with Gasteiger partial charge in [0.2, 0.25) is 0 Å². The Morgan fingerprint density at radius 3 is 2.44 bits per heavy atom. The maximum Gasteiger partial charge on any atom is 0.293 e. The van der Waals surface area contributed by atoms with Crippen LogP contribution in [0.25, 0.3) is 0 Å². The fourth-order valence-corrected chi connectivity index (χ4v) is 4.77. The maximum absolute atomic E-state index is 12.0. The van der Waals surface area contributed by atoms with Gasteiger partial charge in [0.25, 0.3) is 10.1 Å². The Labute approximate surface area is 95.4 Å². The molecule has 0 aromatic heterocycles. The van der Waals surface area contributed by atoms with Crippen molar-refractivity contribution in [1.82, 2.24) is 0 Å².